The first-order valence-corrected chi connectivity index (χ1v) is 9.93. The van der Waals surface area contributed by atoms with E-state index in [-0.39, 0.29) is 22.0 Å². The third-order valence-corrected chi connectivity index (χ3v) is 5.59. The van der Waals surface area contributed by atoms with Crippen LogP contribution in [0.3, 0.4) is 0 Å². The Morgan fingerprint density at radius 1 is 1.12 bits per heavy atom. The molecule has 2 aromatic rings. The van der Waals surface area contributed by atoms with Crippen molar-refractivity contribution in [1.82, 2.24) is 0 Å². The van der Waals surface area contributed by atoms with E-state index < -0.39 is 26.6 Å². The summed E-state index contributed by atoms with van der Waals surface area (Å²) < 4.78 is 53.7. The van der Waals surface area contributed by atoms with E-state index in [2.05, 4.69) is 26.0 Å². The first-order chi connectivity index (χ1) is 12.1. The average Bonchev–Trinajstić information content (AvgIpc) is 2.46. The molecule has 0 aliphatic carbocycles. The van der Waals surface area contributed by atoms with Crippen LogP contribution in [-0.2, 0) is 14.8 Å². The molecule has 1 amide bonds. The maximum absolute atomic E-state index is 13.9. The Bertz CT molecular complexity index is 893. The lowest BCUT2D eigenvalue weighted by molar-refractivity contribution is -0.116. The predicted molar refractivity (Wildman–Crippen MR) is 99.4 cm³/mol. The predicted octanol–water partition coefficient (Wildman–Crippen LogP) is 4.51. The molecule has 26 heavy (non-hydrogen) atoms. The second kappa shape index (κ2) is 8.13. The normalized spacial score (nSPS) is 11.5. The fourth-order valence-corrected chi connectivity index (χ4v) is 4.42. The fraction of sp³-hybridized carbons (Fsp3) is 0.235. The minimum Gasteiger partial charge on any atom is -0.326 e. The largest absolute Gasteiger partial charge is 0.326 e. The summed E-state index contributed by atoms with van der Waals surface area (Å²) in [6.45, 7) is 3.84. The molecule has 0 atom stereocenters. The number of carbonyl (C=O) groups excluding carboxylic acids is 1. The van der Waals surface area contributed by atoms with Gasteiger partial charge < -0.3 is 5.32 Å². The third-order valence-electron chi connectivity index (χ3n) is 3.25. The maximum atomic E-state index is 13.9. The van der Waals surface area contributed by atoms with Gasteiger partial charge in [0.05, 0.1) is 0 Å². The molecule has 9 heteroatoms. The lowest BCUT2D eigenvalue weighted by Crippen LogP contribution is -2.16. The molecular formula is C17H17BrF2N2O3S. The summed E-state index contributed by atoms with van der Waals surface area (Å²) in [7, 11) is -4.27. The van der Waals surface area contributed by atoms with Gasteiger partial charge in [-0.1, -0.05) is 13.8 Å². The molecule has 0 saturated heterocycles. The molecule has 0 heterocycles. The van der Waals surface area contributed by atoms with Crippen LogP contribution in [0.4, 0.5) is 20.2 Å². The van der Waals surface area contributed by atoms with E-state index in [4.69, 9.17) is 0 Å². The SMILES string of the molecule is CC(C)CC(=O)Nc1ccc(NS(=O)(=O)c2c(F)cc(F)cc2Br)cc1. The van der Waals surface area contributed by atoms with Gasteiger partial charge in [-0.05, 0) is 52.2 Å². The number of anilines is 2. The molecule has 2 rings (SSSR count). The van der Waals surface area contributed by atoms with Crippen molar-refractivity contribution in [3.8, 4) is 0 Å². The molecule has 0 aliphatic heterocycles. The van der Waals surface area contributed by atoms with Crippen LogP contribution >= 0.6 is 15.9 Å². The summed E-state index contributed by atoms with van der Waals surface area (Å²) in [5, 5.41) is 2.69. The highest BCUT2D eigenvalue weighted by Gasteiger charge is 2.23. The van der Waals surface area contributed by atoms with E-state index in [1.807, 2.05) is 13.8 Å². The highest BCUT2D eigenvalue weighted by atomic mass is 79.9. The van der Waals surface area contributed by atoms with Crippen LogP contribution < -0.4 is 10.0 Å². The first kappa shape index (κ1) is 20.3. The molecule has 0 aromatic heterocycles. The van der Waals surface area contributed by atoms with Crippen molar-refractivity contribution in [3.63, 3.8) is 0 Å². The van der Waals surface area contributed by atoms with Crippen LogP contribution in [0.15, 0.2) is 45.8 Å². The molecule has 0 unspecified atom stereocenters. The summed E-state index contributed by atoms with van der Waals surface area (Å²) in [6.07, 6.45) is 0.367. The molecule has 0 fully saturated rings. The second-order valence-electron chi connectivity index (χ2n) is 6.03. The van der Waals surface area contributed by atoms with Crippen LogP contribution in [0.2, 0.25) is 0 Å². The zero-order valence-electron chi connectivity index (χ0n) is 14.0. The van der Waals surface area contributed by atoms with Gasteiger partial charge in [-0.3, -0.25) is 9.52 Å². The summed E-state index contributed by atoms with van der Waals surface area (Å²) in [5.41, 5.74) is 0.676. The van der Waals surface area contributed by atoms with Crippen molar-refractivity contribution < 1.29 is 22.0 Å². The Labute approximate surface area is 159 Å². The molecule has 0 spiro atoms. The average molecular weight is 447 g/mol. The molecule has 140 valence electrons. The molecule has 2 aromatic carbocycles. The quantitative estimate of drug-likeness (QED) is 0.684. The van der Waals surface area contributed by atoms with Crippen molar-refractivity contribution in [3.05, 3.63) is 52.5 Å². The summed E-state index contributed by atoms with van der Waals surface area (Å²) >= 11 is 2.86. The maximum Gasteiger partial charge on any atom is 0.265 e. The zero-order chi connectivity index (χ0) is 19.5. The van der Waals surface area contributed by atoms with E-state index in [1.54, 1.807) is 0 Å². The van der Waals surface area contributed by atoms with E-state index in [1.165, 1.54) is 24.3 Å². The van der Waals surface area contributed by atoms with Crippen molar-refractivity contribution in [2.45, 2.75) is 25.2 Å². The number of halogens is 3. The van der Waals surface area contributed by atoms with E-state index in [0.29, 0.717) is 18.2 Å². The molecule has 0 saturated carbocycles. The van der Waals surface area contributed by atoms with Gasteiger partial charge >= 0.3 is 0 Å². The smallest absolute Gasteiger partial charge is 0.265 e. The molecule has 2 N–H and O–H groups in total. The van der Waals surface area contributed by atoms with Gasteiger partial charge in [0.25, 0.3) is 10.0 Å². The van der Waals surface area contributed by atoms with Crippen LogP contribution in [0, 0.1) is 17.6 Å². The summed E-state index contributed by atoms with van der Waals surface area (Å²) in [6, 6.07) is 7.26. The monoisotopic (exact) mass is 446 g/mol. The van der Waals surface area contributed by atoms with E-state index >= 15 is 0 Å². The fourth-order valence-electron chi connectivity index (χ4n) is 2.20. The van der Waals surface area contributed by atoms with Crippen LogP contribution in [0.5, 0.6) is 0 Å². The number of amides is 1. The third kappa shape index (κ3) is 5.25. The first-order valence-electron chi connectivity index (χ1n) is 7.66. The van der Waals surface area contributed by atoms with Gasteiger partial charge in [-0.15, -0.1) is 0 Å². The second-order valence-corrected chi connectivity index (χ2v) is 8.50. The topological polar surface area (TPSA) is 75.3 Å². The number of hydrogen-bond donors (Lipinski definition) is 2. The lowest BCUT2D eigenvalue weighted by atomic mass is 10.1. The number of rotatable bonds is 6. The molecule has 0 bridgehead atoms. The Balaban J connectivity index is 2.17. The van der Waals surface area contributed by atoms with E-state index in [0.717, 1.165) is 6.07 Å². The molecule has 0 radical (unpaired) electrons. The van der Waals surface area contributed by atoms with Crippen molar-refractivity contribution in [2.75, 3.05) is 10.0 Å². The number of hydrogen-bond acceptors (Lipinski definition) is 3. The summed E-state index contributed by atoms with van der Waals surface area (Å²) in [5.74, 6) is -2.03. The Hall–Kier alpha value is -2.00. The minimum atomic E-state index is -4.27. The lowest BCUT2D eigenvalue weighted by Gasteiger charge is -2.12. The summed E-state index contributed by atoms with van der Waals surface area (Å²) in [4.78, 5) is 11.0. The van der Waals surface area contributed by atoms with Crippen molar-refractivity contribution in [1.29, 1.82) is 0 Å². The Kier molecular flexibility index (Phi) is 6.35. The van der Waals surface area contributed by atoms with Crippen LogP contribution in [0.25, 0.3) is 0 Å². The molecular weight excluding hydrogens is 430 g/mol. The van der Waals surface area contributed by atoms with Crippen LogP contribution in [-0.4, -0.2) is 14.3 Å². The van der Waals surface area contributed by atoms with Gasteiger partial charge in [0.2, 0.25) is 5.91 Å². The standard InChI is InChI=1S/C17H17BrF2N2O3S/c1-10(2)7-16(23)21-12-3-5-13(6-4-12)22-26(24,25)17-14(18)8-11(19)9-15(17)20/h3-6,8-10,22H,7H2,1-2H3,(H,21,23). The minimum absolute atomic E-state index is 0.148. The Morgan fingerprint density at radius 2 is 1.69 bits per heavy atom. The zero-order valence-corrected chi connectivity index (χ0v) is 16.4. The molecule has 0 aliphatic rings. The van der Waals surface area contributed by atoms with Crippen LogP contribution in [0.1, 0.15) is 20.3 Å². The molecule has 5 nitrogen and oxygen atoms in total. The van der Waals surface area contributed by atoms with Gasteiger partial charge in [0, 0.05) is 28.3 Å². The van der Waals surface area contributed by atoms with Gasteiger partial charge in [0.15, 0.2) is 0 Å². The van der Waals surface area contributed by atoms with Gasteiger partial charge in [-0.25, -0.2) is 17.2 Å². The van der Waals surface area contributed by atoms with Gasteiger partial charge in [0.1, 0.15) is 16.5 Å². The van der Waals surface area contributed by atoms with Crippen molar-refractivity contribution in [2.24, 2.45) is 5.92 Å². The number of carbonyl (C=O) groups is 1. The van der Waals surface area contributed by atoms with E-state index in [9.17, 15) is 22.0 Å². The highest BCUT2D eigenvalue weighted by molar-refractivity contribution is 9.10. The van der Waals surface area contributed by atoms with Gasteiger partial charge in [-0.2, -0.15) is 0 Å². The number of nitrogens with one attached hydrogen (secondary N) is 2. The number of sulfonamides is 1. The number of benzene rings is 2. The highest BCUT2D eigenvalue weighted by Crippen LogP contribution is 2.28. The van der Waals surface area contributed by atoms with Crippen molar-refractivity contribution >= 4 is 43.2 Å². The Morgan fingerprint density at radius 3 is 2.23 bits per heavy atom.